The lowest BCUT2D eigenvalue weighted by Crippen LogP contribution is -2.38. The molecule has 0 aliphatic carbocycles. The number of likely N-dealkylation sites (tertiary alicyclic amines) is 1. The van der Waals surface area contributed by atoms with Crippen LogP contribution < -0.4 is 5.32 Å². The number of benzene rings is 1. The summed E-state index contributed by atoms with van der Waals surface area (Å²) in [6.45, 7) is 5.41. The second-order valence-corrected chi connectivity index (χ2v) is 5.75. The van der Waals surface area contributed by atoms with E-state index in [9.17, 15) is 4.79 Å². The van der Waals surface area contributed by atoms with Gasteiger partial charge < -0.3 is 15.0 Å². The number of hydrogen-bond acceptors (Lipinski definition) is 4. The molecule has 1 N–H and O–H groups in total. The number of nitrogens with one attached hydrogen (secondary N) is 1. The lowest BCUT2D eigenvalue weighted by Gasteiger charge is -2.30. The molecule has 0 radical (unpaired) electrons. The van der Waals surface area contributed by atoms with Crippen LogP contribution >= 0.6 is 0 Å². The van der Waals surface area contributed by atoms with Crippen LogP contribution in [0.15, 0.2) is 30.3 Å². The zero-order chi connectivity index (χ0) is 15.1. The van der Waals surface area contributed by atoms with Gasteiger partial charge in [0.25, 0.3) is 0 Å². The summed E-state index contributed by atoms with van der Waals surface area (Å²) in [5.74, 6) is 0.457. The van der Waals surface area contributed by atoms with Gasteiger partial charge in [-0.2, -0.15) is 0 Å². The Balaban J connectivity index is 1.94. The summed E-state index contributed by atoms with van der Waals surface area (Å²) in [6, 6.07) is 9.47. The molecule has 21 heavy (non-hydrogen) atoms. The second-order valence-electron chi connectivity index (χ2n) is 5.75. The van der Waals surface area contributed by atoms with Crippen molar-refractivity contribution < 1.29 is 9.53 Å². The molecule has 1 saturated heterocycles. The Morgan fingerprint density at radius 3 is 2.62 bits per heavy atom. The van der Waals surface area contributed by atoms with Gasteiger partial charge >= 0.3 is 5.97 Å². The SMILES string of the molecule is CCOC(=O)C(NCC1CCN(C)CC1)c1ccccc1. The highest BCUT2D eigenvalue weighted by molar-refractivity contribution is 5.77. The Kier molecular flexibility index (Phi) is 6.21. The summed E-state index contributed by atoms with van der Waals surface area (Å²) >= 11 is 0. The van der Waals surface area contributed by atoms with Crippen molar-refractivity contribution in [1.29, 1.82) is 0 Å². The van der Waals surface area contributed by atoms with Gasteiger partial charge in [-0.25, -0.2) is 4.79 Å². The number of nitrogens with zero attached hydrogens (tertiary/aromatic N) is 1. The van der Waals surface area contributed by atoms with Crippen molar-refractivity contribution in [2.45, 2.75) is 25.8 Å². The predicted octanol–water partition coefficient (Wildman–Crippen LogP) is 2.22. The van der Waals surface area contributed by atoms with Crippen molar-refractivity contribution in [1.82, 2.24) is 10.2 Å². The summed E-state index contributed by atoms with van der Waals surface area (Å²) in [5.41, 5.74) is 0.976. The van der Waals surface area contributed by atoms with Gasteiger partial charge in [0.1, 0.15) is 6.04 Å². The molecule has 1 aliphatic heterocycles. The van der Waals surface area contributed by atoms with Gasteiger partial charge in [0.15, 0.2) is 0 Å². The van der Waals surface area contributed by atoms with Crippen molar-refractivity contribution in [3.63, 3.8) is 0 Å². The average molecular weight is 290 g/mol. The molecule has 1 aliphatic rings. The number of rotatable bonds is 6. The molecule has 1 fully saturated rings. The number of piperidine rings is 1. The molecule has 4 nitrogen and oxygen atoms in total. The minimum absolute atomic E-state index is 0.184. The van der Waals surface area contributed by atoms with Gasteiger partial charge in [0.05, 0.1) is 6.61 Å². The van der Waals surface area contributed by atoms with E-state index < -0.39 is 0 Å². The Labute approximate surface area is 127 Å². The van der Waals surface area contributed by atoms with Crippen LogP contribution in [0.25, 0.3) is 0 Å². The molecule has 4 heteroatoms. The molecular weight excluding hydrogens is 264 g/mol. The first-order valence-electron chi connectivity index (χ1n) is 7.84. The third kappa shape index (κ3) is 4.83. The Hall–Kier alpha value is -1.39. The van der Waals surface area contributed by atoms with E-state index in [2.05, 4.69) is 17.3 Å². The first kappa shape index (κ1) is 16.0. The summed E-state index contributed by atoms with van der Waals surface area (Å²) in [7, 11) is 2.16. The monoisotopic (exact) mass is 290 g/mol. The molecule has 116 valence electrons. The van der Waals surface area contributed by atoms with E-state index in [1.54, 1.807) is 0 Å². The second kappa shape index (κ2) is 8.15. The molecule has 1 atom stereocenters. The molecule has 2 rings (SSSR count). The van der Waals surface area contributed by atoms with Crippen molar-refractivity contribution in [3.8, 4) is 0 Å². The van der Waals surface area contributed by atoms with Gasteiger partial charge in [-0.05, 0) is 57.9 Å². The fourth-order valence-electron chi connectivity index (χ4n) is 2.76. The van der Waals surface area contributed by atoms with Gasteiger partial charge in [0, 0.05) is 0 Å². The maximum Gasteiger partial charge on any atom is 0.327 e. The van der Waals surface area contributed by atoms with Crippen LogP contribution in [0.3, 0.4) is 0 Å². The van der Waals surface area contributed by atoms with E-state index >= 15 is 0 Å². The van der Waals surface area contributed by atoms with Gasteiger partial charge in [0.2, 0.25) is 0 Å². The van der Waals surface area contributed by atoms with Crippen LogP contribution in [0, 0.1) is 5.92 Å². The minimum Gasteiger partial charge on any atom is -0.465 e. The molecule has 0 aromatic heterocycles. The molecule has 0 amide bonds. The van der Waals surface area contributed by atoms with E-state index in [1.165, 1.54) is 12.8 Å². The summed E-state index contributed by atoms with van der Waals surface area (Å²) in [5, 5.41) is 3.41. The maximum absolute atomic E-state index is 12.2. The number of hydrogen-bond donors (Lipinski definition) is 1. The Bertz CT molecular complexity index is 428. The molecule has 0 saturated carbocycles. The predicted molar refractivity (Wildman–Crippen MR) is 84.0 cm³/mol. The van der Waals surface area contributed by atoms with E-state index in [0.717, 1.165) is 25.2 Å². The normalized spacial score (nSPS) is 18.4. The quantitative estimate of drug-likeness (QED) is 0.816. The summed E-state index contributed by atoms with van der Waals surface area (Å²) in [4.78, 5) is 14.5. The first-order valence-corrected chi connectivity index (χ1v) is 7.84. The lowest BCUT2D eigenvalue weighted by atomic mass is 9.96. The van der Waals surface area contributed by atoms with Crippen molar-refractivity contribution in [2.24, 2.45) is 5.92 Å². The standard InChI is InChI=1S/C17H26N2O2/c1-3-21-17(20)16(15-7-5-4-6-8-15)18-13-14-9-11-19(2)12-10-14/h4-8,14,16,18H,3,9-13H2,1-2H3. The third-order valence-corrected chi connectivity index (χ3v) is 4.10. The number of ether oxygens (including phenoxy) is 1. The molecule has 0 bridgehead atoms. The van der Waals surface area contributed by atoms with Crippen LogP contribution in [0.2, 0.25) is 0 Å². The average Bonchev–Trinajstić information content (AvgIpc) is 2.51. The minimum atomic E-state index is -0.356. The summed E-state index contributed by atoms with van der Waals surface area (Å²) < 4.78 is 5.21. The molecule has 0 spiro atoms. The smallest absolute Gasteiger partial charge is 0.327 e. The van der Waals surface area contributed by atoms with Gasteiger partial charge in [-0.3, -0.25) is 0 Å². The van der Waals surface area contributed by atoms with Gasteiger partial charge in [-0.1, -0.05) is 30.3 Å². The number of carbonyl (C=O) groups excluding carboxylic acids is 1. The fraction of sp³-hybridized carbons (Fsp3) is 0.588. The Morgan fingerprint density at radius 1 is 1.33 bits per heavy atom. The topological polar surface area (TPSA) is 41.6 Å². The molecular formula is C17H26N2O2. The molecule has 1 heterocycles. The van der Waals surface area contributed by atoms with Crippen LogP contribution in [0.1, 0.15) is 31.4 Å². The lowest BCUT2D eigenvalue weighted by molar-refractivity contribution is -0.145. The van der Waals surface area contributed by atoms with E-state index in [1.807, 2.05) is 37.3 Å². The van der Waals surface area contributed by atoms with Crippen molar-refractivity contribution in [3.05, 3.63) is 35.9 Å². The van der Waals surface area contributed by atoms with Crippen LogP contribution in [0.5, 0.6) is 0 Å². The van der Waals surface area contributed by atoms with Gasteiger partial charge in [-0.15, -0.1) is 0 Å². The molecule has 1 aromatic carbocycles. The first-order chi connectivity index (χ1) is 10.2. The van der Waals surface area contributed by atoms with Crippen LogP contribution in [-0.2, 0) is 9.53 Å². The Morgan fingerprint density at radius 2 is 2.00 bits per heavy atom. The largest absolute Gasteiger partial charge is 0.465 e. The fourth-order valence-corrected chi connectivity index (χ4v) is 2.76. The van der Waals surface area contributed by atoms with Crippen LogP contribution in [-0.4, -0.2) is 44.2 Å². The molecule has 1 unspecified atom stereocenters. The van der Waals surface area contributed by atoms with Crippen molar-refractivity contribution >= 4 is 5.97 Å². The zero-order valence-corrected chi connectivity index (χ0v) is 13.0. The highest BCUT2D eigenvalue weighted by atomic mass is 16.5. The van der Waals surface area contributed by atoms with E-state index in [-0.39, 0.29) is 12.0 Å². The highest BCUT2D eigenvalue weighted by Gasteiger charge is 2.24. The van der Waals surface area contributed by atoms with Crippen molar-refractivity contribution in [2.75, 3.05) is 33.3 Å². The zero-order valence-electron chi connectivity index (χ0n) is 13.0. The van der Waals surface area contributed by atoms with Crippen LogP contribution in [0.4, 0.5) is 0 Å². The summed E-state index contributed by atoms with van der Waals surface area (Å²) in [6.07, 6.45) is 2.38. The number of carbonyl (C=O) groups is 1. The molecule has 1 aromatic rings. The van der Waals surface area contributed by atoms with E-state index in [0.29, 0.717) is 12.5 Å². The highest BCUT2D eigenvalue weighted by Crippen LogP contribution is 2.19. The maximum atomic E-state index is 12.2. The number of esters is 1. The third-order valence-electron chi connectivity index (χ3n) is 4.10. The van der Waals surface area contributed by atoms with E-state index in [4.69, 9.17) is 4.74 Å².